The summed E-state index contributed by atoms with van der Waals surface area (Å²) in [5.74, 6) is 2.06. The molecule has 6 nitrogen and oxygen atoms in total. The van der Waals surface area contributed by atoms with Crippen molar-refractivity contribution in [2.75, 3.05) is 19.7 Å². The van der Waals surface area contributed by atoms with E-state index in [1.54, 1.807) is 0 Å². The van der Waals surface area contributed by atoms with Gasteiger partial charge in [-0.05, 0) is 43.4 Å². The lowest BCUT2D eigenvalue weighted by atomic mass is 9.93. The summed E-state index contributed by atoms with van der Waals surface area (Å²) in [6.07, 6.45) is 6.47. The highest BCUT2D eigenvalue weighted by Crippen LogP contribution is 2.31. The van der Waals surface area contributed by atoms with E-state index in [9.17, 15) is 4.79 Å². The molecule has 1 aromatic heterocycles. The van der Waals surface area contributed by atoms with Gasteiger partial charge in [-0.3, -0.25) is 9.48 Å². The molecule has 3 heterocycles. The number of amides is 1. The first kappa shape index (κ1) is 16.0. The lowest BCUT2D eigenvalue weighted by Gasteiger charge is -2.35. The summed E-state index contributed by atoms with van der Waals surface area (Å²) < 4.78 is 13.5. The Hall–Kier alpha value is -2.50. The Kier molecular flexibility index (Phi) is 4.59. The fourth-order valence-corrected chi connectivity index (χ4v) is 3.53. The summed E-state index contributed by atoms with van der Waals surface area (Å²) in [5, 5.41) is 4.25. The van der Waals surface area contributed by atoms with E-state index in [0.717, 1.165) is 38.9 Å². The van der Waals surface area contributed by atoms with Gasteiger partial charge in [-0.15, -0.1) is 0 Å². The number of ether oxygens (including phenoxy) is 2. The molecule has 6 heteroatoms. The van der Waals surface area contributed by atoms with Crippen molar-refractivity contribution in [1.82, 2.24) is 14.7 Å². The molecule has 4 rings (SSSR count). The van der Waals surface area contributed by atoms with Crippen LogP contribution in [-0.2, 0) is 11.3 Å². The van der Waals surface area contributed by atoms with Crippen LogP contribution in [0.15, 0.2) is 42.7 Å². The van der Waals surface area contributed by atoms with Crippen LogP contribution < -0.4 is 9.47 Å². The van der Waals surface area contributed by atoms with E-state index >= 15 is 0 Å². The number of hydrogen-bond acceptors (Lipinski definition) is 4. The minimum absolute atomic E-state index is 0.0417. The summed E-state index contributed by atoms with van der Waals surface area (Å²) in [7, 11) is 0. The van der Waals surface area contributed by atoms with Crippen molar-refractivity contribution in [3.63, 3.8) is 0 Å². The third-order valence-corrected chi connectivity index (χ3v) is 5.04. The molecule has 0 radical (unpaired) electrons. The minimum atomic E-state index is -0.532. The Morgan fingerprint density at radius 3 is 2.72 bits per heavy atom. The maximum Gasteiger partial charge on any atom is 0.267 e. The monoisotopic (exact) mass is 341 g/mol. The summed E-state index contributed by atoms with van der Waals surface area (Å²) >= 11 is 0. The highest BCUT2D eigenvalue weighted by Gasteiger charge is 2.32. The second-order valence-electron chi connectivity index (χ2n) is 6.69. The molecule has 0 unspecified atom stereocenters. The molecule has 2 aliphatic heterocycles. The second kappa shape index (κ2) is 7.17. The number of rotatable bonds is 4. The van der Waals surface area contributed by atoms with Gasteiger partial charge < -0.3 is 14.4 Å². The molecule has 2 aromatic rings. The van der Waals surface area contributed by atoms with Crippen LogP contribution in [-0.4, -0.2) is 46.4 Å². The molecular weight excluding hydrogens is 318 g/mol. The minimum Gasteiger partial charge on any atom is -0.485 e. The lowest BCUT2D eigenvalue weighted by molar-refractivity contribution is -0.142. The van der Waals surface area contributed by atoms with Crippen LogP contribution in [0.2, 0.25) is 0 Å². The first-order valence-corrected chi connectivity index (χ1v) is 8.94. The molecule has 132 valence electrons. The molecule has 1 aromatic carbocycles. The zero-order valence-electron chi connectivity index (χ0n) is 14.2. The van der Waals surface area contributed by atoms with Gasteiger partial charge in [-0.25, -0.2) is 0 Å². The summed E-state index contributed by atoms with van der Waals surface area (Å²) in [6, 6.07) is 9.45. The van der Waals surface area contributed by atoms with Crippen LogP contribution in [0.1, 0.15) is 19.3 Å². The molecule has 0 spiro atoms. The number of hydrogen-bond donors (Lipinski definition) is 0. The van der Waals surface area contributed by atoms with Crippen LogP contribution in [0.3, 0.4) is 0 Å². The van der Waals surface area contributed by atoms with E-state index in [0.29, 0.717) is 17.4 Å². The van der Waals surface area contributed by atoms with E-state index in [1.165, 1.54) is 0 Å². The highest BCUT2D eigenvalue weighted by molar-refractivity contribution is 5.82. The van der Waals surface area contributed by atoms with Crippen LogP contribution in [0.5, 0.6) is 11.5 Å². The van der Waals surface area contributed by atoms with Crippen molar-refractivity contribution in [3.8, 4) is 11.5 Å². The van der Waals surface area contributed by atoms with Gasteiger partial charge >= 0.3 is 0 Å². The lowest BCUT2D eigenvalue weighted by Crippen LogP contribution is -2.49. The normalized spacial score (nSPS) is 20.5. The Morgan fingerprint density at radius 2 is 1.96 bits per heavy atom. The van der Waals surface area contributed by atoms with E-state index in [1.807, 2.05) is 52.3 Å². The molecule has 1 atom stereocenters. The Morgan fingerprint density at radius 1 is 1.16 bits per heavy atom. The first-order chi connectivity index (χ1) is 12.3. The second-order valence-corrected chi connectivity index (χ2v) is 6.69. The number of fused-ring (bicyclic) bond motifs is 1. The zero-order chi connectivity index (χ0) is 17.1. The number of aryl methyl sites for hydroxylation is 1. The van der Waals surface area contributed by atoms with Gasteiger partial charge in [0.15, 0.2) is 11.5 Å². The molecule has 1 amide bonds. The van der Waals surface area contributed by atoms with Gasteiger partial charge in [0.1, 0.15) is 6.61 Å². The zero-order valence-corrected chi connectivity index (χ0v) is 14.2. The van der Waals surface area contributed by atoms with Crippen molar-refractivity contribution in [2.24, 2.45) is 5.92 Å². The van der Waals surface area contributed by atoms with Gasteiger partial charge in [-0.1, -0.05) is 12.1 Å². The van der Waals surface area contributed by atoms with Crippen molar-refractivity contribution < 1.29 is 14.3 Å². The predicted molar refractivity (Wildman–Crippen MR) is 92.5 cm³/mol. The van der Waals surface area contributed by atoms with Gasteiger partial charge in [0.05, 0.1) is 0 Å². The third-order valence-electron chi connectivity index (χ3n) is 5.04. The van der Waals surface area contributed by atoms with E-state index in [2.05, 4.69) is 5.10 Å². The van der Waals surface area contributed by atoms with Crippen LogP contribution in [0.25, 0.3) is 0 Å². The highest BCUT2D eigenvalue weighted by atomic mass is 16.6. The number of para-hydroxylation sites is 2. The number of aromatic nitrogens is 2. The van der Waals surface area contributed by atoms with Crippen LogP contribution >= 0.6 is 0 Å². The molecular formula is C19H23N3O3. The van der Waals surface area contributed by atoms with Gasteiger partial charge in [0, 0.05) is 32.0 Å². The SMILES string of the molecule is O=C([C@H]1COc2ccccc2O1)N1CCC(CCn2cccn2)CC1. The Labute approximate surface area is 147 Å². The standard InChI is InChI=1S/C19H23N3O3/c23-19(18-14-24-16-4-1-2-5-17(16)25-18)21-11-6-15(7-12-21)8-13-22-10-3-9-20-22/h1-5,9-10,15,18H,6-8,11-14H2/t18-/m1/s1. The van der Waals surface area contributed by atoms with E-state index in [4.69, 9.17) is 9.47 Å². The number of carbonyl (C=O) groups excluding carboxylic acids is 1. The molecule has 1 fully saturated rings. The third kappa shape index (κ3) is 3.62. The first-order valence-electron chi connectivity index (χ1n) is 8.94. The maximum absolute atomic E-state index is 12.7. The quantitative estimate of drug-likeness (QED) is 0.857. The largest absolute Gasteiger partial charge is 0.485 e. The maximum atomic E-state index is 12.7. The summed E-state index contributed by atoms with van der Waals surface area (Å²) in [5.41, 5.74) is 0. The summed E-state index contributed by atoms with van der Waals surface area (Å²) in [6.45, 7) is 2.82. The fourth-order valence-electron chi connectivity index (χ4n) is 3.53. The number of carbonyl (C=O) groups is 1. The molecule has 2 aliphatic rings. The molecule has 0 bridgehead atoms. The van der Waals surface area contributed by atoms with Crippen LogP contribution in [0, 0.1) is 5.92 Å². The average Bonchev–Trinajstić information content (AvgIpc) is 3.19. The van der Waals surface area contributed by atoms with Crippen molar-refractivity contribution in [2.45, 2.75) is 31.9 Å². The number of nitrogens with zero attached hydrogens (tertiary/aromatic N) is 3. The van der Waals surface area contributed by atoms with Crippen molar-refractivity contribution in [3.05, 3.63) is 42.7 Å². The van der Waals surface area contributed by atoms with E-state index < -0.39 is 6.10 Å². The molecule has 1 saturated heterocycles. The smallest absolute Gasteiger partial charge is 0.267 e. The topological polar surface area (TPSA) is 56.6 Å². The average molecular weight is 341 g/mol. The van der Waals surface area contributed by atoms with Crippen molar-refractivity contribution >= 4 is 5.91 Å². The van der Waals surface area contributed by atoms with Gasteiger partial charge in [0.2, 0.25) is 6.10 Å². The molecule has 0 saturated carbocycles. The van der Waals surface area contributed by atoms with Gasteiger partial charge in [0.25, 0.3) is 5.91 Å². The molecule has 0 N–H and O–H groups in total. The molecule has 0 aliphatic carbocycles. The number of piperidine rings is 1. The van der Waals surface area contributed by atoms with E-state index in [-0.39, 0.29) is 12.5 Å². The van der Waals surface area contributed by atoms with Crippen LogP contribution in [0.4, 0.5) is 0 Å². The summed E-state index contributed by atoms with van der Waals surface area (Å²) in [4.78, 5) is 14.6. The molecule has 25 heavy (non-hydrogen) atoms. The predicted octanol–water partition coefficient (Wildman–Crippen LogP) is 2.35. The number of likely N-dealkylation sites (tertiary alicyclic amines) is 1. The van der Waals surface area contributed by atoms with Crippen molar-refractivity contribution in [1.29, 1.82) is 0 Å². The fraction of sp³-hybridized carbons (Fsp3) is 0.474. The Balaban J connectivity index is 1.27. The number of benzene rings is 1. The van der Waals surface area contributed by atoms with Gasteiger partial charge in [-0.2, -0.15) is 5.10 Å². The Bertz CT molecular complexity index is 708.